The Morgan fingerprint density at radius 1 is 0.889 bits per heavy atom. The molecule has 0 spiro atoms. The van der Waals surface area contributed by atoms with E-state index >= 15 is 0 Å². The van der Waals surface area contributed by atoms with Crippen molar-refractivity contribution in [2.24, 2.45) is 0 Å². The number of aryl methyl sites for hydroxylation is 1. The molecule has 3 aromatic carbocycles. The molecular weight excluding hydrogens is 332 g/mol. The maximum atomic E-state index is 13.2. The number of amides is 1. The molecule has 1 N–H and O–H groups in total. The van der Waals surface area contributed by atoms with Gasteiger partial charge < -0.3 is 9.88 Å². The van der Waals surface area contributed by atoms with E-state index in [1.165, 1.54) is 5.56 Å². The van der Waals surface area contributed by atoms with Crippen molar-refractivity contribution >= 4 is 16.8 Å². The highest BCUT2D eigenvalue weighted by Crippen LogP contribution is 2.34. The summed E-state index contributed by atoms with van der Waals surface area (Å²) < 4.78 is 0. The molecule has 3 heteroatoms. The molecule has 27 heavy (non-hydrogen) atoms. The van der Waals surface area contributed by atoms with E-state index < -0.39 is 0 Å². The van der Waals surface area contributed by atoms with Crippen molar-refractivity contribution in [1.82, 2.24) is 9.88 Å². The van der Waals surface area contributed by atoms with E-state index in [4.69, 9.17) is 0 Å². The maximum absolute atomic E-state index is 13.2. The number of carbonyl (C=O) groups excluding carboxylic acids is 1. The van der Waals surface area contributed by atoms with Crippen LogP contribution in [0, 0.1) is 6.92 Å². The topological polar surface area (TPSA) is 36.1 Å². The van der Waals surface area contributed by atoms with Crippen LogP contribution in [0.1, 0.15) is 33.1 Å². The van der Waals surface area contributed by atoms with Gasteiger partial charge in [-0.3, -0.25) is 4.79 Å². The molecule has 0 aliphatic rings. The Hall–Kier alpha value is -3.33. The number of hydrogen-bond donors (Lipinski definition) is 1. The summed E-state index contributed by atoms with van der Waals surface area (Å²) >= 11 is 0. The Bertz CT molecular complexity index is 1060. The fraction of sp³-hybridized carbons (Fsp3) is 0.125. The molecule has 0 fully saturated rings. The van der Waals surface area contributed by atoms with Gasteiger partial charge >= 0.3 is 0 Å². The third kappa shape index (κ3) is 3.24. The van der Waals surface area contributed by atoms with Gasteiger partial charge in [0, 0.05) is 35.3 Å². The number of nitrogens with zero attached hydrogens (tertiary/aromatic N) is 1. The number of fused-ring (bicyclic) bond motifs is 1. The van der Waals surface area contributed by atoms with Crippen molar-refractivity contribution in [2.45, 2.75) is 13.0 Å². The molecule has 1 aromatic heterocycles. The van der Waals surface area contributed by atoms with E-state index in [-0.39, 0.29) is 11.9 Å². The van der Waals surface area contributed by atoms with Gasteiger partial charge in [0.2, 0.25) is 0 Å². The number of rotatable bonds is 4. The first-order valence-corrected chi connectivity index (χ1v) is 9.10. The molecular formula is C24H22N2O. The largest absolute Gasteiger partial charge is 0.361 e. The highest BCUT2D eigenvalue weighted by Gasteiger charge is 2.26. The molecule has 0 saturated heterocycles. The van der Waals surface area contributed by atoms with Gasteiger partial charge in [-0.1, -0.05) is 66.2 Å². The van der Waals surface area contributed by atoms with Gasteiger partial charge in [-0.2, -0.15) is 0 Å². The van der Waals surface area contributed by atoms with Crippen LogP contribution in [0.3, 0.4) is 0 Å². The second-order valence-corrected chi connectivity index (χ2v) is 6.88. The number of aromatic amines is 1. The third-order valence-corrected chi connectivity index (χ3v) is 5.04. The van der Waals surface area contributed by atoms with Crippen LogP contribution in [-0.2, 0) is 0 Å². The number of aromatic nitrogens is 1. The van der Waals surface area contributed by atoms with Gasteiger partial charge in [0.15, 0.2) is 0 Å². The van der Waals surface area contributed by atoms with Crippen molar-refractivity contribution in [1.29, 1.82) is 0 Å². The Labute approximate surface area is 159 Å². The summed E-state index contributed by atoms with van der Waals surface area (Å²) in [6.45, 7) is 2.07. The van der Waals surface area contributed by atoms with Crippen LogP contribution in [0.25, 0.3) is 10.9 Å². The zero-order valence-corrected chi connectivity index (χ0v) is 15.5. The Morgan fingerprint density at radius 3 is 2.30 bits per heavy atom. The lowest BCUT2D eigenvalue weighted by atomic mass is 9.95. The molecule has 0 bridgehead atoms. The van der Waals surface area contributed by atoms with Crippen LogP contribution in [0.2, 0.25) is 0 Å². The predicted octanol–water partition coefficient (Wildman–Crippen LogP) is 5.34. The highest BCUT2D eigenvalue weighted by atomic mass is 16.2. The molecule has 1 heterocycles. The van der Waals surface area contributed by atoms with Crippen LogP contribution in [-0.4, -0.2) is 22.8 Å². The SMILES string of the molecule is Cc1ccc([C@H](c2c[nH]c3ccccc23)N(C)C(=O)c2ccccc2)cc1. The minimum Gasteiger partial charge on any atom is -0.361 e. The van der Waals surface area contributed by atoms with Crippen molar-refractivity contribution in [3.63, 3.8) is 0 Å². The third-order valence-electron chi connectivity index (χ3n) is 5.04. The van der Waals surface area contributed by atoms with E-state index in [1.54, 1.807) is 0 Å². The van der Waals surface area contributed by atoms with Crippen LogP contribution < -0.4 is 0 Å². The molecule has 134 valence electrons. The molecule has 4 rings (SSSR count). The molecule has 0 radical (unpaired) electrons. The van der Waals surface area contributed by atoms with E-state index in [2.05, 4.69) is 48.3 Å². The van der Waals surface area contributed by atoms with Gasteiger partial charge in [-0.15, -0.1) is 0 Å². The van der Waals surface area contributed by atoms with Gasteiger partial charge in [-0.25, -0.2) is 0 Å². The number of benzene rings is 3. The molecule has 4 aromatic rings. The van der Waals surface area contributed by atoms with E-state index in [9.17, 15) is 4.79 Å². The summed E-state index contributed by atoms with van der Waals surface area (Å²) in [7, 11) is 1.88. The molecule has 0 saturated carbocycles. The quantitative estimate of drug-likeness (QED) is 0.528. The fourth-order valence-electron chi connectivity index (χ4n) is 3.58. The molecule has 1 amide bonds. The lowest BCUT2D eigenvalue weighted by Crippen LogP contribution is -2.31. The van der Waals surface area contributed by atoms with Crippen molar-refractivity contribution in [3.8, 4) is 0 Å². The van der Waals surface area contributed by atoms with Crippen LogP contribution >= 0.6 is 0 Å². The average Bonchev–Trinajstić information content (AvgIpc) is 3.13. The Morgan fingerprint density at radius 2 is 1.56 bits per heavy atom. The van der Waals surface area contributed by atoms with Crippen LogP contribution in [0.4, 0.5) is 0 Å². The molecule has 0 aliphatic heterocycles. The zero-order valence-electron chi connectivity index (χ0n) is 15.5. The Balaban J connectivity index is 1.83. The van der Waals surface area contributed by atoms with Crippen molar-refractivity contribution in [3.05, 3.63) is 107 Å². The predicted molar refractivity (Wildman–Crippen MR) is 110 cm³/mol. The van der Waals surface area contributed by atoms with Gasteiger partial charge in [0.1, 0.15) is 0 Å². The molecule has 0 unspecified atom stereocenters. The smallest absolute Gasteiger partial charge is 0.254 e. The van der Waals surface area contributed by atoms with Crippen molar-refractivity contribution < 1.29 is 4.79 Å². The molecule has 0 aliphatic carbocycles. The summed E-state index contributed by atoms with van der Waals surface area (Å²) in [4.78, 5) is 18.3. The first-order valence-electron chi connectivity index (χ1n) is 9.10. The van der Waals surface area contributed by atoms with Crippen molar-refractivity contribution in [2.75, 3.05) is 7.05 Å². The number of para-hydroxylation sites is 1. The molecule has 1 atom stereocenters. The summed E-state index contributed by atoms with van der Waals surface area (Å²) in [6, 6.07) is 25.9. The monoisotopic (exact) mass is 354 g/mol. The highest BCUT2D eigenvalue weighted by molar-refractivity contribution is 5.95. The second-order valence-electron chi connectivity index (χ2n) is 6.88. The number of carbonyl (C=O) groups is 1. The van der Waals surface area contributed by atoms with E-state index in [1.807, 2.05) is 60.6 Å². The van der Waals surface area contributed by atoms with E-state index in [0.717, 1.165) is 22.0 Å². The normalized spacial score (nSPS) is 12.1. The first-order chi connectivity index (χ1) is 13.1. The van der Waals surface area contributed by atoms with E-state index in [0.29, 0.717) is 5.56 Å². The summed E-state index contributed by atoms with van der Waals surface area (Å²) in [6.07, 6.45) is 2.02. The maximum Gasteiger partial charge on any atom is 0.254 e. The van der Waals surface area contributed by atoms with Gasteiger partial charge in [-0.05, 0) is 30.7 Å². The van der Waals surface area contributed by atoms with Gasteiger partial charge in [0.05, 0.1) is 6.04 Å². The average molecular weight is 354 g/mol. The lowest BCUT2D eigenvalue weighted by Gasteiger charge is -2.29. The minimum absolute atomic E-state index is 0.00598. The number of H-pyrrole nitrogens is 1. The summed E-state index contributed by atoms with van der Waals surface area (Å²) in [5, 5.41) is 1.13. The van der Waals surface area contributed by atoms with Gasteiger partial charge in [0.25, 0.3) is 5.91 Å². The van der Waals surface area contributed by atoms with Crippen LogP contribution in [0.5, 0.6) is 0 Å². The molecule has 3 nitrogen and oxygen atoms in total. The first kappa shape index (κ1) is 17.1. The second kappa shape index (κ2) is 7.12. The Kier molecular flexibility index (Phi) is 4.51. The lowest BCUT2D eigenvalue weighted by molar-refractivity contribution is 0.0756. The minimum atomic E-state index is -0.172. The standard InChI is InChI=1S/C24H22N2O/c1-17-12-14-18(15-13-17)23(21-16-25-22-11-7-6-10-20(21)22)26(2)24(27)19-8-4-3-5-9-19/h3-16,23,25H,1-2H3/t23-/m1/s1. The van der Waals surface area contributed by atoms with Crippen LogP contribution in [0.15, 0.2) is 85.1 Å². The summed E-state index contributed by atoms with van der Waals surface area (Å²) in [5.74, 6) is 0.00598. The number of hydrogen-bond acceptors (Lipinski definition) is 1. The fourth-order valence-corrected chi connectivity index (χ4v) is 3.58. The zero-order chi connectivity index (χ0) is 18.8. The summed E-state index contributed by atoms with van der Waals surface area (Å²) in [5.41, 5.74) is 5.16. The number of nitrogens with one attached hydrogen (secondary N) is 1.